The molecule has 0 aliphatic carbocycles. The van der Waals surface area contributed by atoms with E-state index in [1.807, 2.05) is 6.07 Å². The molecule has 2 saturated heterocycles. The number of ether oxygens (including phenoxy) is 1. The van der Waals surface area contributed by atoms with Gasteiger partial charge in [-0.05, 0) is 12.1 Å². The summed E-state index contributed by atoms with van der Waals surface area (Å²) in [6, 6.07) is 3.57. The topological polar surface area (TPSA) is 88.6 Å². The van der Waals surface area contributed by atoms with Crippen molar-refractivity contribution < 1.29 is 19.1 Å². The van der Waals surface area contributed by atoms with Crippen molar-refractivity contribution in [3.05, 3.63) is 18.3 Å². The molecule has 2 fully saturated rings. The SMILES string of the molecule is O=C1CCN(c2ccc(OC3CCC(=O)NC3=O)cn2)CC1. The minimum absolute atomic E-state index is 0.266. The zero-order valence-corrected chi connectivity index (χ0v) is 12.1. The molecular weight excluding hydrogens is 286 g/mol. The van der Waals surface area contributed by atoms with Gasteiger partial charge in [-0.25, -0.2) is 4.98 Å². The lowest BCUT2D eigenvalue weighted by Crippen LogP contribution is -2.46. The van der Waals surface area contributed by atoms with Crippen LogP contribution in [0.3, 0.4) is 0 Å². The number of pyridine rings is 1. The van der Waals surface area contributed by atoms with Crippen LogP contribution < -0.4 is 15.0 Å². The number of nitrogens with one attached hydrogen (secondary N) is 1. The van der Waals surface area contributed by atoms with Gasteiger partial charge in [0.05, 0.1) is 6.20 Å². The van der Waals surface area contributed by atoms with E-state index in [2.05, 4.69) is 15.2 Å². The van der Waals surface area contributed by atoms with Gasteiger partial charge in [0.2, 0.25) is 5.91 Å². The first-order valence-corrected chi connectivity index (χ1v) is 7.35. The summed E-state index contributed by atoms with van der Waals surface area (Å²) in [5, 5.41) is 2.25. The van der Waals surface area contributed by atoms with E-state index >= 15 is 0 Å². The Morgan fingerprint density at radius 3 is 2.55 bits per heavy atom. The highest BCUT2D eigenvalue weighted by atomic mass is 16.5. The van der Waals surface area contributed by atoms with E-state index in [1.54, 1.807) is 12.3 Å². The number of aromatic nitrogens is 1. The molecule has 0 bridgehead atoms. The van der Waals surface area contributed by atoms with E-state index in [0.717, 1.165) is 5.82 Å². The van der Waals surface area contributed by atoms with Crippen molar-refractivity contribution >= 4 is 23.4 Å². The Balaban J connectivity index is 1.61. The number of rotatable bonds is 3. The molecule has 1 atom stereocenters. The summed E-state index contributed by atoms with van der Waals surface area (Å²) in [5.41, 5.74) is 0. The minimum Gasteiger partial charge on any atom is -0.479 e. The van der Waals surface area contributed by atoms with Crippen LogP contribution in [-0.4, -0.2) is 41.8 Å². The number of Topliss-reactive ketones (excluding diaryl/α,β-unsaturated/α-hetero) is 1. The second-order valence-corrected chi connectivity index (χ2v) is 5.44. The standard InChI is InChI=1S/C15H17N3O4/c19-10-5-7-18(8-6-10)13-3-1-11(9-16-13)22-12-2-4-14(20)17-15(12)21/h1,3,9,12H,2,4-8H2,(H,17,20,21). The first-order valence-electron chi connectivity index (χ1n) is 7.35. The van der Waals surface area contributed by atoms with Gasteiger partial charge in [-0.2, -0.15) is 0 Å². The first-order chi connectivity index (χ1) is 10.6. The number of hydrogen-bond donors (Lipinski definition) is 1. The highest BCUT2D eigenvalue weighted by molar-refractivity contribution is 5.99. The van der Waals surface area contributed by atoms with E-state index in [4.69, 9.17) is 4.74 Å². The van der Waals surface area contributed by atoms with Gasteiger partial charge in [0.15, 0.2) is 6.10 Å². The van der Waals surface area contributed by atoms with Gasteiger partial charge < -0.3 is 9.64 Å². The van der Waals surface area contributed by atoms with Crippen molar-refractivity contribution in [2.24, 2.45) is 0 Å². The van der Waals surface area contributed by atoms with Gasteiger partial charge in [0.1, 0.15) is 17.4 Å². The molecule has 22 heavy (non-hydrogen) atoms. The third kappa shape index (κ3) is 3.24. The van der Waals surface area contributed by atoms with E-state index < -0.39 is 12.0 Å². The Bertz CT molecular complexity index is 589. The summed E-state index contributed by atoms with van der Waals surface area (Å²) in [7, 11) is 0. The number of carbonyl (C=O) groups is 3. The molecule has 116 valence electrons. The molecule has 2 aliphatic heterocycles. The lowest BCUT2D eigenvalue weighted by atomic mass is 10.1. The summed E-state index contributed by atoms with van der Waals surface area (Å²) in [6.07, 6.45) is 2.67. The molecule has 2 amide bonds. The van der Waals surface area contributed by atoms with Gasteiger partial charge in [-0.1, -0.05) is 0 Å². The number of nitrogens with zero attached hydrogens (tertiary/aromatic N) is 2. The van der Waals surface area contributed by atoms with E-state index in [0.29, 0.717) is 38.1 Å². The quantitative estimate of drug-likeness (QED) is 0.815. The molecule has 0 radical (unpaired) electrons. The summed E-state index contributed by atoms with van der Waals surface area (Å²) in [5.74, 6) is 0.899. The maximum Gasteiger partial charge on any atom is 0.267 e. The molecule has 0 aromatic carbocycles. The van der Waals surface area contributed by atoms with Gasteiger partial charge in [0.25, 0.3) is 5.91 Å². The first kappa shape index (κ1) is 14.5. The molecule has 3 heterocycles. The van der Waals surface area contributed by atoms with Crippen LogP contribution in [0.4, 0.5) is 5.82 Å². The zero-order valence-electron chi connectivity index (χ0n) is 12.1. The van der Waals surface area contributed by atoms with Crippen LogP contribution in [0.25, 0.3) is 0 Å². The third-order valence-electron chi connectivity index (χ3n) is 3.83. The van der Waals surface area contributed by atoms with Crippen LogP contribution >= 0.6 is 0 Å². The van der Waals surface area contributed by atoms with E-state index in [-0.39, 0.29) is 18.1 Å². The predicted octanol–water partition coefficient (Wildman–Crippen LogP) is 0.435. The van der Waals surface area contributed by atoms with Crippen molar-refractivity contribution in [3.8, 4) is 5.75 Å². The molecule has 1 aromatic heterocycles. The van der Waals surface area contributed by atoms with Gasteiger partial charge >= 0.3 is 0 Å². The number of ketones is 1. The fourth-order valence-electron chi connectivity index (χ4n) is 2.56. The summed E-state index contributed by atoms with van der Waals surface area (Å²) in [4.78, 5) is 40.3. The third-order valence-corrected chi connectivity index (χ3v) is 3.83. The largest absolute Gasteiger partial charge is 0.479 e. The van der Waals surface area contributed by atoms with Crippen molar-refractivity contribution in [2.45, 2.75) is 31.8 Å². The Kier molecular flexibility index (Phi) is 4.04. The fourth-order valence-corrected chi connectivity index (χ4v) is 2.56. The molecule has 0 saturated carbocycles. The fraction of sp³-hybridized carbons (Fsp3) is 0.467. The van der Waals surface area contributed by atoms with Crippen LogP contribution in [0.15, 0.2) is 18.3 Å². The van der Waals surface area contributed by atoms with Crippen molar-refractivity contribution in [3.63, 3.8) is 0 Å². The monoisotopic (exact) mass is 303 g/mol. The number of amides is 2. The smallest absolute Gasteiger partial charge is 0.267 e. The Morgan fingerprint density at radius 2 is 1.91 bits per heavy atom. The van der Waals surface area contributed by atoms with Gasteiger partial charge in [0, 0.05) is 38.8 Å². The van der Waals surface area contributed by atoms with Gasteiger partial charge in [-0.3, -0.25) is 19.7 Å². The van der Waals surface area contributed by atoms with Crippen LogP contribution in [0, 0.1) is 0 Å². The summed E-state index contributed by atoms with van der Waals surface area (Å²) in [6.45, 7) is 1.36. The Morgan fingerprint density at radius 1 is 1.14 bits per heavy atom. The molecule has 7 heteroatoms. The highest BCUT2D eigenvalue weighted by Crippen LogP contribution is 2.21. The lowest BCUT2D eigenvalue weighted by Gasteiger charge is -2.27. The van der Waals surface area contributed by atoms with Crippen LogP contribution in [0.1, 0.15) is 25.7 Å². The normalized spacial score (nSPS) is 22.5. The Labute approximate surface area is 127 Å². The highest BCUT2D eigenvalue weighted by Gasteiger charge is 2.28. The molecule has 7 nitrogen and oxygen atoms in total. The second-order valence-electron chi connectivity index (χ2n) is 5.44. The predicted molar refractivity (Wildman–Crippen MR) is 77.5 cm³/mol. The van der Waals surface area contributed by atoms with E-state index in [9.17, 15) is 14.4 Å². The van der Waals surface area contributed by atoms with Crippen LogP contribution in [0.2, 0.25) is 0 Å². The number of hydrogen-bond acceptors (Lipinski definition) is 6. The number of carbonyl (C=O) groups excluding carboxylic acids is 3. The summed E-state index contributed by atoms with van der Waals surface area (Å²) >= 11 is 0. The number of piperidine rings is 2. The number of imide groups is 1. The van der Waals surface area contributed by atoms with Crippen molar-refractivity contribution in [2.75, 3.05) is 18.0 Å². The minimum atomic E-state index is -0.655. The molecule has 1 aromatic rings. The maximum absolute atomic E-state index is 11.6. The molecular formula is C15H17N3O4. The molecule has 3 rings (SSSR count). The zero-order chi connectivity index (χ0) is 15.5. The molecule has 1 unspecified atom stereocenters. The number of anilines is 1. The molecule has 1 N–H and O–H groups in total. The maximum atomic E-state index is 11.6. The van der Waals surface area contributed by atoms with Crippen molar-refractivity contribution in [1.82, 2.24) is 10.3 Å². The van der Waals surface area contributed by atoms with Crippen LogP contribution in [-0.2, 0) is 14.4 Å². The van der Waals surface area contributed by atoms with Gasteiger partial charge in [-0.15, -0.1) is 0 Å². The van der Waals surface area contributed by atoms with Crippen LogP contribution in [0.5, 0.6) is 5.75 Å². The lowest BCUT2D eigenvalue weighted by molar-refractivity contribution is -0.138. The molecule has 0 spiro atoms. The van der Waals surface area contributed by atoms with Crippen molar-refractivity contribution in [1.29, 1.82) is 0 Å². The van der Waals surface area contributed by atoms with E-state index in [1.165, 1.54) is 0 Å². The molecule has 2 aliphatic rings. The average molecular weight is 303 g/mol. The Hall–Kier alpha value is -2.44. The average Bonchev–Trinajstić information content (AvgIpc) is 2.52. The summed E-state index contributed by atoms with van der Waals surface area (Å²) < 4.78 is 5.58. The second kappa shape index (κ2) is 6.13.